The topological polar surface area (TPSA) is 84.8 Å². The first-order valence-electron chi connectivity index (χ1n) is 9.58. The number of amides is 1. The van der Waals surface area contributed by atoms with Crippen LogP contribution in [0.1, 0.15) is 23.3 Å². The molecular formula is C21H16ClF4N5O2. The van der Waals surface area contributed by atoms with Gasteiger partial charge in [-0.25, -0.2) is 13.8 Å². The molecule has 2 aromatic carbocycles. The minimum Gasteiger partial charge on any atom is -0.420 e. The minimum atomic E-state index is -3.85. The predicted octanol–water partition coefficient (Wildman–Crippen LogP) is 5.67. The number of rotatable bonds is 7. The molecule has 0 saturated heterocycles. The number of fused-ring (bicyclic) bond motifs is 1. The van der Waals surface area contributed by atoms with Crippen LogP contribution in [-0.2, 0) is 0 Å². The van der Waals surface area contributed by atoms with Gasteiger partial charge >= 0.3 is 5.57 Å². The van der Waals surface area contributed by atoms with Crippen LogP contribution in [0.25, 0.3) is 22.3 Å². The van der Waals surface area contributed by atoms with E-state index < -0.39 is 23.9 Å². The fraction of sp³-hybridized carbons (Fsp3) is 0.190. The van der Waals surface area contributed by atoms with E-state index in [0.717, 1.165) is 0 Å². The van der Waals surface area contributed by atoms with E-state index in [1.54, 1.807) is 6.07 Å². The van der Waals surface area contributed by atoms with Gasteiger partial charge < -0.3 is 14.6 Å². The molecule has 1 atom stereocenters. The highest BCUT2D eigenvalue weighted by Gasteiger charge is 2.27. The summed E-state index contributed by atoms with van der Waals surface area (Å²) in [5.41, 5.74) is -1.59. The lowest BCUT2D eigenvalue weighted by Gasteiger charge is -2.15. The van der Waals surface area contributed by atoms with Crippen molar-refractivity contribution in [1.82, 2.24) is 19.7 Å². The van der Waals surface area contributed by atoms with Gasteiger partial charge in [0.15, 0.2) is 0 Å². The maximum absolute atomic E-state index is 13.4. The van der Waals surface area contributed by atoms with Crippen molar-refractivity contribution in [2.24, 2.45) is 0 Å². The Morgan fingerprint density at radius 2 is 1.94 bits per heavy atom. The van der Waals surface area contributed by atoms with Gasteiger partial charge in [-0.15, -0.1) is 8.78 Å². The summed E-state index contributed by atoms with van der Waals surface area (Å²) in [7, 11) is 0. The molecule has 1 amide bonds. The number of nitrogens with one attached hydrogen (secondary N) is 2. The van der Waals surface area contributed by atoms with Gasteiger partial charge in [-0.05, 0) is 49.4 Å². The highest BCUT2D eigenvalue weighted by molar-refractivity contribution is 6.20. The Bertz CT molecular complexity index is 1270. The smallest absolute Gasteiger partial charge is 0.420 e. The van der Waals surface area contributed by atoms with Gasteiger partial charge in [-0.1, -0.05) is 0 Å². The number of imidazole rings is 1. The standard InChI is InChI=1S/C21H16ClF4N5O2/c1-11(19(23)24)31-10-27-17-9-12(8-15(18(17)31)16-6-7-28-30-16)20(32)29-13-2-4-14(5-3-13)33-21(22,25)26/h2-11,19H,1H3,(H,28,30)(H,29,32)/t11-/m1/s1. The maximum Gasteiger partial charge on any atom is 0.487 e. The summed E-state index contributed by atoms with van der Waals surface area (Å²) in [6.45, 7) is 1.37. The Labute approximate surface area is 189 Å². The van der Waals surface area contributed by atoms with Crippen molar-refractivity contribution in [1.29, 1.82) is 0 Å². The van der Waals surface area contributed by atoms with Gasteiger partial charge in [-0.3, -0.25) is 9.89 Å². The molecule has 2 N–H and O–H groups in total. The lowest BCUT2D eigenvalue weighted by molar-refractivity contribution is -0.0964. The van der Waals surface area contributed by atoms with Crippen molar-refractivity contribution in [2.45, 2.75) is 25.0 Å². The second-order valence-electron chi connectivity index (χ2n) is 7.12. The van der Waals surface area contributed by atoms with E-state index in [1.165, 1.54) is 60.4 Å². The highest BCUT2D eigenvalue weighted by Crippen LogP contribution is 2.32. The van der Waals surface area contributed by atoms with E-state index in [0.29, 0.717) is 28.0 Å². The first-order valence-corrected chi connectivity index (χ1v) is 9.96. The average molecular weight is 482 g/mol. The molecule has 0 spiro atoms. The first kappa shape index (κ1) is 22.6. The van der Waals surface area contributed by atoms with Crippen LogP contribution in [-0.4, -0.2) is 37.6 Å². The summed E-state index contributed by atoms with van der Waals surface area (Å²) in [5.74, 6) is -0.708. The zero-order chi connectivity index (χ0) is 23.8. The van der Waals surface area contributed by atoms with E-state index in [4.69, 9.17) is 11.6 Å². The Morgan fingerprint density at radius 1 is 1.21 bits per heavy atom. The normalized spacial score (nSPS) is 12.8. The van der Waals surface area contributed by atoms with E-state index in [9.17, 15) is 22.4 Å². The van der Waals surface area contributed by atoms with E-state index in [1.807, 2.05) is 0 Å². The molecule has 0 unspecified atom stereocenters. The number of H-pyrrole nitrogens is 1. The number of ether oxygens (including phenoxy) is 1. The van der Waals surface area contributed by atoms with Crippen LogP contribution in [0.15, 0.2) is 55.0 Å². The fourth-order valence-corrected chi connectivity index (χ4v) is 3.38. The number of aromatic nitrogens is 4. The van der Waals surface area contributed by atoms with Crippen molar-refractivity contribution in [3.05, 3.63) is 60.6 Å². The molecular weight excluding hydrogens is 466 g/mol. The second-order valence-corrected chi connectivity index (χ2v) is 7.56. The molecule has 33 heavy (non-hydrogen) atoms. The Morgan fingerprint density at radius 3 is 2.55 bits per heavy atom. The molecule has 172 valence electrons. The van der Waals surface area contributed by atoms with Crippen molar-refractivity contribution < 1.29 is 27.1 Å². The minimum absolute atomic E-state index is 0.186. The number of benzene rings is 2. The molecule has 2 heterocycles. The second kappa shape index (κ2) is 8.74. The molecule has 0 bridgehead atoms. The third-order valence-corrected chi connectivity index (χ3v) is 4.95. The molecule has 2 aromatic heterocycles. The molecule has 4 rings (SSSR count). The summed E-state index contributed by atoms with van der Waals surface area (Å²) in [6.07, 6.45) is 0.179. The van der Waals surface area contributed by atoms with E-state index in [2.05, 4.69) is 25.2 Å². The largest absolute Gasteiger partial charge is 0.487 e. The number of nitrogens with zero attached hydrogens (tertiary/aromatic N) is 3. The summed E-state index contributed by atoms with van der Waals surface area (Å²) >= 11 is 4.73. The van der Waals surface area contributed by atoms with Crippen LogP contribution >= 0.6 is 11.6 Å². The van der Waals surface area contributed by atoms with Gasteiger partial charge in [0.25, 0.3) is 12.3 Å². The van der Waals surface area contributed by atoms with E-state index >= 15 is 0 Å². The van der Waals surface area contributed by atoms with Gasteiger partial charge in [0, 0.05) is 34.6 Å². The third kappa shape index (κ3) is 4.92. The van der Waals surface area contributed by atoms with Crippen LogP contribution in [0.5, 0.6) is 5.75 Å². The average Bonchev–Trinajstić information content (AvgIpc) is 3.43. The zero-order valence-electron chi connectivity index (χ0n) is 16.9. The molecule has 0 saturated carbocycles. The molecule has 7 nitrogen and oxygen atoms in total. The highest BCUT2D eigenvalue weighted by atomic mass is 35.5. The Kier molecular flexibility index (Phi) is 5.98. The number of hydrogen-bond acceptors (Lipinski definition) is 4. The van der Waals surface area contributed by atoms with Crippen LogP contribution < -0.4 is 10.1 Å². The van der Waals surface area contributed by atoms with Gasteiger partial charge in [0.1, 0.15) is 5.75 Å². The van der Waals surface area contributed by atoms with Crippen LogP contribution in [0.2, 0.25) is 0 Å². The molecule has 0 aliphatic rings. The van der Waals surface area contributed by atoms with Crippen molar-refractivity contribution in [3.63, 3.8) is 0 Å². The van der Waals surface area contributed by atoms with E-state index in [-0.39, 0.29) is 11.3 Å². The molecule has 0 fully saturated rings. The number of anilines is 1. The summed E-state index contributed by atoms with van der Waals surface area (Å²) < 4.78 is 57.8. The van der Waals surface area contributed by atoms with Crippen molar-refractivity contribution in [2.75, 3.05) is 5.32 Å². The predicted molar refractivity (Wildman–Crippen MR) is 114 cm³/mol. The monoisotopic (exact) mass is 481 g/mol. The number of carbonyl (C=O) groups is 1. The number of alkyl halides is 5. The quantitative estimate of drug-likeness (QED) is 0.263. The summed E-state index contributed by atoms with van der Waals surface area (Å²) in [5, 5.41) is 9.31. The number of halogens is 5. The molecule has 0 aliphatic heterocycles. The van der Waals surface area contributed by atoms with Crippen LogP contribution in [0.4, 0.5) is 23.2 Å². The van der Waals surface area contributed by atoms with Crippen LogP contribution in [0, 0.1) is 0 Å². The number of carbonyl (C=O) groups excluding carboxylic acids is 1. The Balaban J connectivity index is 1.68. The van der Waals surface area contributed by atoms with Gasteiger partial charge in [-0.2, -0.15) is 5.10 Å². The molecule has 4 aromatic rings. The summed E-state index contributed by atoms with van der Waals surface area (Å²) in [4.78, 5) is 17.1. The van der Waals surface area contributed by atoms with Crippen LogP contribution in [0.3, 0.4) is 0 Å². The van der Waals surface area contributed by atoms with Gasteiger partial charge in [0.2, 0.25) is 0 Å². The molecule has 0 radical (unpaired) electrons. The number of hydrogen-bond donors (Lipinski definition) is 2. The number of aromatic amines is 1. The first-order chi connectivity index (χ1) is 15.6. The SMILES string of the molecule is C[C@H](C(F)F)n1cnc2cc(C(=O)Nc3ccc(OC(F)(F)Cl)cc3)cc(-c3ccn[nH]3)c21. The fourth-order valence-electron chi connectivity index (χ4n) is 3.29. The maximum atomic E-state index is 13.4. The van der Waals surface area contributed by atoms with Crippen molar-refractivity contribution in [3.8, 4) is 17.0 Å². The zero-order valence-corrected chi connectivity index (χ0v) is 17.7. The Hall–Kier alpha value is -3.60. The summed E-state index contributed by atoms with van der Waals surface area (Å²) in [6, 6.07) is 8.69. The molecule has 0 aliphatic carbocycles. The lowest BCUT2D eigenvalue weighted by Crippen LogP contribution is -2.16. The third-order valence-electron chi connectivity index (χ3n) is 4.87. The molecule has 12 heteroatoms. The van der Waals surface area contributed by atoms with Crippen molar-refractivity contribution >= 4 is 34.2 Å². The lowest BCUT2D eigenvalue weighted by atomic mass is 10.0. The van der Waals surface area contributed by atoms with Gasteiger partial charge in [0.05, 0.1) is 29.1 Å².